The van der Waals surface area contributed by atoms with Crippen molar-refractivity contribution in [3.8, 4) is 0 Å². The predicted octanol–water partition coefficient (Wildman–Crippen LogP) is 5.46. The zero-order chi connectivity index (χ0) is 20.6. The fourth-order valence-electron chi connectivity index (χ4n) is 3.01. The highest BCUT2D eigenvalue weighted by atomic mass is 35.5. The number of halogens is 2. The molecule has 0 aliphatic heterocycles. The summed E-state index contributed by atoms with van der Waals surface area (Å²) in [4.78, 5) is 36.1. The summed E-state index contributed by atoms with van der Waals surface area (Å²) in [5.74, 6) is -0.571. The number of hydrogen-bond acceptors (Lipinski definition) is 4. The van der Waals surface area contributed by atoms with Gasteiger partial charge >= 0.3 is 0 Å². The number of hydrogen-bond donors (Lipinski definition) is 2. The lowest BCUT2D eigenvalue weighted by Gasteiger charge is -2.12. The van der Waals surface area contributed by atoms with E-state index in [1.54, 1.807) is 25.1 Å². The summed E-state index contributed by atoms with van der Waals surface area (Å²) in [5, 5.41) is 6.02. The molecule has 144 valence electrons. The third kappa shape index (κ3) is 3.61. The standard InChI is InChI=1S/C20H16Cl2N2O4/c1-9(25)16-10(2)28-19-12(16)5-4-6-15(19)24-20(27)17-13(21)7-8-14(18(17)22)23-11(3)26/h4-8H,1-3H3,(H,23,26)(H,24,27). The van der Waals surface area contributed by atoms with E-state index < -0.39 is 5.91 Å². The van der Waals surface area contributed by atoms with E-state index >= 15 is 0 Å². The number of aryl methyl sites for hydroxylation is 1. The van der Waals surface area contributed by atoms with Crippen LogP contribution in [0.4, 0.5) is 11.4 Å². The maximum Gasteiger partial charge on any atom is 0.258 e. The normalized spacial score (nSPS) is 10.8. The molecule has 0 spiro atoms. The summed E-state index contributed by atoms with van der Waals surface area (Å²) < 4.78 is 5.71. The first kappa shape index (κ1) is 19.9. The molecule has 0 atom stereocenters. The number of anilines is 2. The van der Waals surface area contributed by atoms with Crippen LogP contribution in [0.15, 0.2) is 34.7 Å². The minimum Gasteiger partial charge on any atom is -0.458 e. The van der Waals surface area contributed by atoms with Crippen LogP contribution >= 0.6 is 23.2 Å². The van der Waals surface area contributed by atoms with Crippen molar-refractivity contribution in [2.24, 2.45) is 0 Å². The van der Waals surface area contributed by atoms with Crippen LogP contribution in [0.3, 0.4) is 0 Å². The van der Waals surface area contributed by atoms with E-state index in [2.05, 4.69) is 10.6 Å². The van der Waals surface area contributed by atoms with Crippen LogP contribution in [0.1, 0.15) is 40.3 Å². The third-order valence-electron chi connectivity index (χ3n) is 4.12. The maximum atomic E-state index is 12.9. The van der Waals surface area contributed by atoms with Gasteiger partial charge in [-0.1, -0.05) is 35.3 Å². The number of carbonyl (C=O) groups excluding carboxylic acids is 3. The Morgan fingerprint density at radius 3 is 2.29 bits per heavy atom. The Labute approximate surface area is 170 Å². The highest BCUT2D eigenvalue weighted by molar-refractivity contribution is 6.42. The van der Waals surface area contributed by atoms with Crippen molar-refractivity contribution in [3.63, 3.8) is 0 Å². The number of carbonyl (C=O) groups is 3. The molecule has 2 N–H and O–H groups in total. The smallest absolute Gasteiger partial charge is 0.258 e. The summed E-state index contributed by atoms with van der Waals surface area (Å²) in [7, 11) is 0. The number of benzene rings is 2. The van der Waals surface area contributed by atoms with Crippen molar-refractivity contribution in [2.45, 2.75) is 20.8 Å². The number of para-hydroxylation sites is 1. The molecular formula is C20H16Cl2N2O4. The van der Waals surface area contributed by atoms with E-state index in [1.165, 1.54) is 26.0 Å². The SMILES string of the molecule is CC(=O)Nc1ccc(Cl)c(C(=O)Nc2cccc3c(C(C)=O)c(C)oc23)c1Cl. The topological polar surface area (TPSA) is 88.4 Å². The molecular weight excluding hydrogens is 403 g/mol. The predicted molar refractivity (Wildman–Crippen MR) is 110 cm³/mol. The van der Waals surface area contributed by atoms with Crippen LogP contribution in [-0.2, 0) is 4.79 Å². The molecule has 0 saturated carbocycles. The average molecular weight is 419 g/mol. The largest absolute Gasteiger partial charge is 0.458 e. The van der Waals surface area contributed by atoms with Crippen LogP contribution in [0.5, 0.6) is 0 Å². The molecule has 0 unspecified atom stereocenters. The van der Waals surface area contributed by atoms with Crippen molar-refractivity contribution in [2.75, 3.05) is 10.6 Å². The van der Waals surface area contributed by atoms with Gasteiger partial charge in [-0.25, -0.2) is 0 Å². The molecule has 0 fully saturated rings. The van der Waals surface area contributed by atoms with Crippen molar-refractivity contribution in [1.29, 1.82) is 0 Å². The molecule has 3 aromatic rings. The molecule has 28 heavy (non-hydrogen) atoms. The van der Waals surface area contributed by atoms with Crippen LogP contribution in [0.25, 0.3) is 11.0 Å². The summed E-state index contributed by atoms with van der Waals surface area (Å²) >= 11 is 12.4. The maximum absolute atomic E-state index is 12.9. The second-order valence-corrected chi connectivity index (χ2v) is 6.98. The quantitative estimate of drug-likeness (QED) is 0.550. The Kier molecular flexibility index (Phi) is 5.45. The van der Waals surface area contributed by atoms with E-state index in [4.69, 9.17) is 27.6 Å². The molecule has 0 aliphatic rings. The zero-order valence-electron chi connectivity index (χ0n) is 15.3. The van der Waals surface area contributed by atoms with Gasteiger partial charge in [-0.05, 0) is 32.0 Å². The van der Waals surface area contributed by atoms with Crippen molar-refractivity contribution in [3.05, 3.63) is 57.3 Å². The summed E-state index contributed by atoms with van der Waals surface area (Å²) in [5.41, 5.74) is 1.50. The van der Waals surface area contributed by atoms with E-state index in [0.29, 0.717) is 28.0 Å². The first-order valence-corrected chi connectivity index (χ1v) is 9.06. The molecule has 1 aromatic heterocycles. The van der Waals surface area contributed by atoms with Gasteiger partial charge in [-0.15, -0.1) is 0 Å². The Balaban J connectivity index is 2.04. The van der Waals surface area contributed by atoms with Crippen LogP contribution in [0.2, 0.25) is 10.0 Å². The Hall–Kier alpha value is -2.83. The van der Waals surface area contributed by atoms with E-state index in [-0.39, 0.29) is 33.0 Å². The van der Waals surface area contributed by atoms with Crippen LogP contribution in [-0.4, -0.2) is 17.6 Å². The third-order valence-corrected chi connectivity index (χ3v) is 4.83. The molecule has 0 radical (unpaired) electrons. The first-order valence-electron chi connectivity index (χ1n) is 8.30. The number of amides is 2. The Morgan fingerprint density at radius 1 is 0.929 bits per heavy atom. The number of ketones is 1. The fourth-order valence-corrected chi connectivity index (χ4v) is 3.59. The number of rotatable bonds is 4. The lowest BCUT2D eigenvalue weighted by Crippen LogP contribution is -2.15. The lowest BCUT2D eigenvalue weighted by atomic mass is 10.1. The average Bonchev–Trinajstić information content (AvgIpc) is 2.94. The fraction of sp³-hybridized carbons (Fsp3) is 0.150. The molecule has 1 heterocycles. The first-order chi connectivity index (χ1) is 13.2. The van der Waals surface area contributed by atoms with Crippen molar-refractivity contribution < 1.29 is 18.8 Å². The van der Waals surface area contributed by atoms with Gasteiger partial charge < -0.3 is 15.1 Å². The second kappa shape index (κ2) is 7.66. The van der Waals surface area contributed by atoms with Crippen molar-refractivity contribution >= 4 is 63.1 Å². The summed E-state index contributed by atoms with van der Waals surface area (Å²) in [6.07, 6.45) is 0. The van der Waals surface area contributed by atoms with Gasteiger partial charge in [0, 0.05) is 12.3 Å². The van der Waals surface area contributed by atoms with Gasteiger partial charge in [0.1, 0.15) is 5.76 Å². The summed E-state index contributed by atoms with van der Waals surface area (Å²) in [6.45, 7) is 4.47. The van der Waals surface area contributed by atoms with Gasteiger partial charge in [-0.3, -0.25) is 14.4 Å². The van der Waals surface area contributed by atoms with Crippen LogP contribution < -0.4 is 10.6 Å². The van der Waals surface area contributed by atoms with Gasteiger partial charge in [0.25, 0.3) is 5.91 Å². The molecule has 0 saturated heterocycles. The molecule has 6 nitrogen and oxygen atoms in total. The minimum atomic E-state index is -0.576. The van der Waals surface area contributed by atoms with Gasteiger partial charge in [0.05, 0.1) is 32.5 Å². The number of fused-ring (bicyclic) bond motifs is 1. The number of nitrogens with one attached hydrogen (secondary N) is 2. The molecule has 2 aromatic carbocycles. The van der Waals surface area contributed by atoms with Crippen molar-refractivity contribution in [1.82, 2.24) is 0 Å². The highest BCUT2D eigenvalue weighted by Crippen LogP contribution is 2.35. The van der Waals surface area contributed by atoms with Gasteiger partial charge in [0.2, 0.25) is 5.91 Å². The van der Waals surface area contributed by atoms with E-state index in [0.717, 1.165) is 0 Å². The monoisotopic (exact) mass is 418 g/mol. The number of Topliss-reactive ketones (excluding diaryl/α,β-unsaturated/α-hetero) is 1. The molecule has 2 amide bonds. The Morgan fingerprint density at radius 2 is 1.64 bits per heavy atom. The van der Waals surface area contributed by atoms with E-state index in [9.17, 15) is 14.4 Å². The second-order valence-electron chi connectivity index (χ2n) is 6.19. The lowest BCUT2D eigenvalue weighted by molar-refractivity contribution is -0.114. The Bertz CT molecular complexity index is 1130. The van der Waals surface area contributed by atoms with Gasteiger partial charge in [-0.2, -0.15) is 0 Å². The van der Waals surface area contributed by atoms with Gasteiger partial charge in [0.15, 0.2) is 11.4 Å². The zero-order valence-corrected chi connectivity index (χ0v) is 16.8. The highest BCUT2D eigenvalue weighted by Gasteiger charge is 2.22. The molecule has 8 heteroatoms. The molecule has 0 aliphatic carbocycles. The minimum absolute atomic E-state index is 0.0154. The summed E-state index contributed by atoms with van der Waals surface area (Å²) in [6, 6.07) is 8.08. The molecule has 0 bridgehead atoms. The number of furan rings is 1. The van der Waals surface area contributed by atoms with Crippen LogP contribution in [0, 0.1) is 6.92 Å². The van der Waals surface area contributed by atoms with E-state index in [1.807, 2.05) is 0 Å². The molecule has 3 rings (SSSR count).